The molecular weight excluding hydrogens is 302 g/mol. The zero-order chi connectivity index (χ0) is 16.2. The van der Waals surface area contributed by atoms with E-state index in [1.807, 2.05) is 0 Å². The number of hydrogen-bond donors (Lipinski definition) is 0. The monoisotopic (exact) mass is 331 g/mol. The normalized spacial score (nSPS) is 48.7. The van der Waals surface area contributed by atoms with E-state index in [1.165, 1.54) is 38.5 Å². The number of ether oxygens (including phenoxy) is 3. The first kappa shape index (κ1) is 15.6. The molecule has 0 aromatic rings. The Bertz CT molecular complexity index is 537. The van der Waals surface area contributed by atoms with Crippen molar-refractivity contribution in [1.29, 1.82) is 0 Å². The van der Waals surface area contributed by atoms with E-state index in [0.717, 1.165) is 32.1 Å². The lowest BCUT2D eigenvalue weighted by Gasteiger charge is -2.44. The lowest BCUT2D eigenvalue weighted by molar-refractivity contribution is -0.205. The minimum absolute atomic E-state index is 0.168. The molecule has 0 aromatic carbocycles. The van der Waals surface area contributed by atoms with Gasteiger partial charge in [0.2, 0.25) is 6.54 Å². The van der Waals surface area contributed by atoms with Crippen molar-refractivity contribution in [1.82, 2.24) is 0 Å². The highest BCUT2D eigenvalue weighted by molar-refractivity contribution is 5.10. The second-order valence-electron chi connectivity index (χ2n) is 8.96. The summed E-state index contributed by atoms with van der Waals surface area (Å²) in [5, 5.41) is 0. The van der Waals surface area contributed by atoms with E-state index in [4.69, 9.17) is 20.8 Å². The smallest absolute Gasteiger partial charge is 0.214 e. The molecular formula is C20H29NO3. The first-order valence-electron chi connectivity index (χ1n) is 10.1. The molecule has 3 aliphatic carbocycles. The van der Waals surface area contributed by atoms with E-state index in [-0.39, 0.29) is 24.1 Å². The van der Waals surface area contributed by atoms with Gasteiger partial charge in [0.05, 0.1) is 18.3 Å². The second-order valence-corrected chi connectivity index (χ2v) is 8.96. The first-order valence-corrected chi connectivity index (χ1v) is 10.1. The molecule has 4 nitrogen and oxygen atoms in total. The standard InChI is InChI=1S/C20H29NO3/c1-21-10-7-14-5-6-17-19(11-14)12-15(22-17)18-16(13-19)23-20(24-18)8-3-2-4-9-20/h14-18H,2-13H2/t14-,15-,16-,17+,18?,19+/m1/s1. The Labute approximate surface area is 145 Å². The maximum absolute atomic E-state index is 7.08. The third-order valence-electron chi connectivity index (χ3n) is 7.48. The molecule has 5 rings (SSSR count). The maximum Gasteiger partial charge on any atom is 0.214 e. The predicted molar refractivity (Wildman–Crippen MR) is 89.3 cm³/mol. The molecule has 2 heterocycles. The summed E-state index contributed by atoms with van der Waals surface area (Å²) in [5.41, 5.74) is 0.306. The van der Waals surface area contributed by atoms with Gasteiger partial charge in [0.25, 0.3) is 0 Å². The number of nitrogens with zero attached hydrogens (tertiary/aromatic N) is 1. The van der Waals surface area contributed by atoms with Gasteiger partial charge in [-0.3, -0.25) is 0 Å². The summed E-state index contributed by atoms with van der Waals surface area (Å²) in [6, 6.07) is 0. The molecule has 3 saturated carbocycles. The summed E-state index contributed by atoms with van der Waals surface area (Å²) in [7, 11) is 0. The van der Waals surface area contributed by atoms with Crippen LogP contribution in [0.25, 0.3) is 4.85 Å². The Hall–Kier alpha value is -0.630. The molecule has 0 aromatic heterocycles. The topological polar surface area (TPSA) is 32.0 Å². The fourth-order valence-electron chi connectivity index (χ4n) is 6.47. The fraction of sp³-hybridized carbons (Fsp3) is 0.950. The zero-order valence-electron chi connectivity index (χ0n) is 14.5. The van der Waals surface area contributed by atoms with E-state index in [9.17, 15) is 0 Å². The fourth-order valence-corrected chi connectivity index (χ4v) is 6.47. The molecule has 2 aliphatic heterocycles. The van der Waals surface area contributed by atoms with Crippen LogP contribution in [0.4, 0.5) is 0 Å². The van der Waals surface area contributed by atoms with E-state index in [2.05, 4.69) is 4.85 Å². The van der Waals surface area contributed by atoms with Crippen molar-refractivity contribution in [3.8, 4) is 0 Å². The van der Waals surface area contributed by atoms with E-state index in [0.29, 0.717) is 24.0 Å². The molecule has 1 unspecified atom stereocenters. The van der Waals surface area contributed by atoms with Crippen LogP contribution in [0.3, 0.4) is 0 Å². The van der Waals surface area contributed by atoms with Crippen LogP contribution in [0.2, 0.25) is 0 Å². The Morgan fingerprint density at radius 1 is 0.958 bits per heavy atom. The van der Waals surface area contributed by atoms with Gasteiger partial charge in [-0.25, -0.2) is 6.57 Å². The van der Waals surface area contributed by atoms with Gasteiger partial charge in [-0.15, -0.1) is 0 Å². The van der Waals surface area contributed by atoms with Crippen molar-refractivity contribution in [3.05, 3.63) is 11.4 Å². The largest absolute Gasteiger partial charge is 0.372 e. The van der Waals surface area contributed by atoms with Crippen molar-refractivity contribution in [2.45, 2.75) is 101 Å². The lowest BCUT2D eigenvalue weighted by atomic mass is 9.61. The van der Waals surface area contributed by atoms with Crippen LogP contribution in [-0.4, -0.2) is 36.7 Å². The summed E-state index contributed by atoms with van der Waals surface area (Å²) in [4.78, 5) is 3.58. The van der Waals surface area contributed by atoms with Gasteiger partial charge in [-0.05, 0) is 50.9 Å². The van der Waals surface area contributed by atoms with Crippen molar-refractivity contribution in [3.63, 3.8) is 0 Å². The molecule has 0 radical (unpaired) electrons. The lowest BCUT2D eigenvalue weighted by Crippen LogP contribution is -2.46. The maximum atomic E-state index is 7.08. The number of rotatable bonds is 2. The van der Waals surface area contributed by atoms with Crippen LogP contribution in [0.5, 0.6) is 0 Å². The summed E-state index contributed by atoms with van der Waals surface area (Å²) in [6.07, 6.45) is 14.0. The molecule has 0 N–H and O–H groups in total. The molecule has 5 aliphatic rings. The summed E-state index contributed by atoms with van der Waals surface area (Å²) in [5.74, 6) is 0.423. The molecule has 132 valence electrons. The second kappa shape index (κ2) is 5.69. The molecule has 6 atom stereocenters. The minimum Gasteiger partial charge on any atom is -0.372 e. The SMILES string of the molecule is [C-]#[N+]CC[C@H]1CC[C@@H]2O[C@@H]3C[C@@]2(C1)C[C@H]1OC2(CCCCC2)OC31. The van der Waals surface area contributed by atoms with Crippen LogP contribution in [0.1, 0.15) is 70.6 Å². The average molecular weight is 331 g/mol. The average Bonchev–Trinajstić information content (AvgIpc) is 3.09. The van der Waals surface area contributed by atoms with Crippen LogP contribution in [0, 0.1) is 17.9 Å². The number of hydrogen-bond acceptors (Lipinski definition) is 3. The summed E-state index contributed by atoms with van der Waals surface area (Å²) in [6.45, 7) is 7.76. The Kier molecular flexibility index (Phi) is 3.70. The van der Waals surface area contributed by atoms with Gasteiger partial charge in [-0.2, -0.15) is 0 Å². The van der Waals surface area contributed by atoms with Gasteiger partial charge in [0.15, 0.2) is 5.79 Å². The Balaban J connectivity index is 1.33. The van der Waals surface area contributed by atoms with E-state index >= 15 is 0 Å². The molecule has 5 fully saturated rings. The van der Waals surface area contributed by atoms with Crippen LogP contribution in [0.15, 0.2) is 0 Å². The molecule has 4 heteroatoms. The van der Waals surface area contributed by atoms with Crippen LogP contribution < -0.4 is 0 Å². The minimum atomic E-state index is -0.286. The predicted octanol–water partition coefficient (Wildman–Crippen LogP) is 4.09. The molecule has 2 saturated heterocycles. The van der Waals surface area contributed by atoms with Crippen molar-refractivity contribution in [2.75, 3.05) is 6.54 Å². The van der Waals surface area contributed by atoms with Gasteiger partial charge >= 0.3 is 0 Å². The van der Waals surface area contributed by atoms with Gasteiger partial charge in [-0.1, -0.05) is 6.42 Å². The van der Waals surface area contributed by atoms with Crippen molar-refractivity contribution in [2.24, 2.45) is 11.3 Å². The van der Waals surface area contributed by atoms with Crippen molar-refractivity contribution < 1.29 is 14.2 Å². The first-order chi connectivity index (χ1) is 11.7. The van der Waals surface area contributed by atoms with E-state index in [1.54, 1.807) is 0 Å². The highest BCUT2D eigenvalue weighted by atomic mass is 16.8. The summed E-state index contributed by atoms with van der Waals surface area (Å²) < 4.78 is 19.6. The quantitative estimate of drug-likeness (QED) is 0.714. The van der Waals surface area contributed by atoms with E-state index < -0.39 is 0 Å². The van der Waals surface area contributed by atoms with Gasteiger partial charge < -0.3 is 19.1 Å². The van der Waals surface area contributed by atoms with Crippen molar-refractivity contribution >= 4 is 0 Å². The highest BCUT2D eigenvalue weighted by Crippen LogP contribution is 2.60. The molecule has 24 heavy (non-hydrogen) atoms. The molecule has 2 bridgehead atoms. The zero-order valence-corrected chi connectivity index (χ0v) is 14.5. The third-order valence-corrected chi connectivity index (χ3v) is 7.48. The van der Waals surface area contributed by atoms with Crippen LogP contribution in [-0.2, 0) is 14.2 Å². The summed E-state index contributed by atoms with van der Waals surface area (Å²) >= 11 is 0. The molecule has 0 amide bonds. The van der Waals surface area contributed by atoms with Crippen LogP contribution >= 0.6 is 0 Å². The number of fused-ring (bicyclic) bond motifs is 3. The third kappa shape index (κ3) is 2.35. The Morgan fingerprint density at radius 2 is 1.79 bits per heavy atom. The van der Waals surface area contributed by atoms with Gasteiger partial charge in [0, 0.05) is 24.7 Å². The van der Waals surface area contributed by atoms with Gasteiger partial charge in [0.1, 0.15) is 6.10 Å². The molecule has 2 spiro atoms. The highest BCUT2D eigenvalue weighted by Gasteiger charge is 2.64. The Morgan fingerprint density at radius 3 is 2.62 bits per heavy atom.